The van der Waals surface area contributed by atoms with Gasteiger partial charge < -0.3 is 5.32 Å². The van der Waals surface area contributed by atoms with Gasteiger partial charge in [-0.3, -0.25) is 9.48 Å². The highest BCUT2D eigenvalue weighted by Crippen LogP contribution is 2.15. The standard InChI is InChI=1S/C13H18N4OS/c1-4-17-7-11(10(3)16-17)5-6-12(18)15-13-14-9(2)8-19-13/h7-8H,4-6H2,1-3H3,(H,14,15,18). The van der Waals surface area contributed by atoms with Crippen molar-refractivity contribution in [1.82, 2.24) is 14.8 Å². The third-order valence-corrected chi connectivity index (χ3v) is 3.73. The van der Waals surface area contributed by atoms with Crippen molar-refractivity contribution >= 4 is 22.4 Å². The molecule has 0 aromatic carbocycles. The monoisotopic (exact) mass is 278 g/mol. The molecule has 6 heteroatoms. The quantitative estimate of drug-likeness (QED) is 0.914. The summed E-state index contributed by atoms with van der Waals surface area (Å²) in [4.78, 5) is 16.0. The molecule has 19 heavy (non-hydrogen) atoms. The second-order valence-corrected chi connectivity index (χ2v) is 5.30. The van der Waals surface area contributed by atoms with Crippen LogP contribution in [0.1, 0.15) is 30.3 Å². The van der Waals surface area contributed by atoms with E-state index in [0.29, 0.717) is 18.0 Å². The first-order chi connectivity index (χ1) is 9.08. The number of carbonyl (C=O) groups is 1. The molecule has 0 radical (unpaired) electrons. The van der Waals surface area contributed by atoms with E-state index in [2.05, 4.69) is 15.4 Å². The van der Waals surface area contributed by atoms with Crippen LogP contribution in [0.2, 0.25) is 0 Å². The van der Waals surface area contributed by atoms with Gasteiger partial charge in [0.25, 0.3) is 0 Å². The van der Waals surface area contributed by atoms with Crippen LogP contribution in [0.15, 0.2) is 11.6 Å². The lowest BCUT2D eigenvalue weighted by Gasteiger charge is -2.01. The van der Waals surface area contributed by atoms with Crippen molar-refractivity contribution in [3.63, 3.8) is 0 Å². The fourth-order valence-electron chi connectivity index (χ4n) is 1.81. The number of hydrogen-bond acceptors (Lipinski definition) is 4. The number of anilines is 1. The smallest absolute Gasteiger partial charge is 0.226 e. The van der Waals surface area contributed by atoms with E-state index in [0.717, 1.165) is 23.5 Å². The van der Waals surface area contributed by atoms with E-state index in [1.54, 1.807) is 0 Å². The zero-order valence-electron chi connectivity index (χ0n) is 11.4. The predicted octanol–water partition coefficient (Wildman–Crippen LogP) is 2.55. The molecule has 5 nitrogen and oxygen atoms in total. The van der Waals surface area contributed by atoms with Gasteiger partial charge in [-0.1, -0.05) is 0 Å². The fourth-order valence-corrected chi connectivity index (χ4v) is 2.51. The molecule has 2 heterocycles. The van der Waals surface area contributed by atoms with Crippen molar-refractivity contribution < 1.29 is 4.79 Å². The number of nitrogens with zero attached hydrogens (tertiary/aromatic N) is 3. The Morgan fingerprint density at radius 1 is 1.47 bits per heavy atom. The summed E-state index contributed by atoms with van der Waals surface area (Å²) in [6.07, 6.45) is 3.17. The summed E-state index contributed by atoms with van der Waals surface area (Å²) < 4.78 is 1.90. The van der Waals surface area contributed by atoms with Crippen LogP contribution in [-0.2, 0) is 17.8 Å². The zero-order chi connectivity index (χ0) is 13.8. The van der Waals surface area contributed by atoms with E-state index in [1.807, 2.05) is 37.0 Å². The van der Waals surface area contributed by atoms with Gasteiger partial charge in [0.1, 0.15) is 0 Å². The largest absolute Gasteiger partial charge is 0.302 e. The van der Waals surface area contributed by atoms with E-state index in [4.69, 9.17) is 0 Å². The highest BCUT2D eigenvalue weighted by atomic mass is 32.1. The zero-order valence-corrected chi connectivity index (χ0v) is 12.3. The molecule has 0 aliphatic rings. The first kappa shape index (κ1) is 13.7. The lowest BCUT2D eigenvalue weighted by molar-refractivity contribution is -0.116. The van der Waals surface area contributed by atoms with Gasteiger partial charge in [-0.05, 0) is 32.8 Å². The summed E-state index contributed by atoms with van der Waals surface area (Å²) in [5, 5.41) is 9.78. The molecule has 0 bridgehead atoms. The van der Waals surface area contributed by atoms with Gasteiger partial charge in [0, 0.05) is 24.5 Å². The van der Waals surface area contributed by atoms with E-state index >= 15 is 0 Å². The first-order valence-electron chi connectivity index (χ1n) is 6.33. The molecule has 0 fully saturated rings. The molecule has 1 N–H and O–H groups in total. The van der Waals surface area contributed by atoms with Crippen LogP contribution in [0, 0.1) is 13.8 Å². The predicted molar refractivity (Wildman–Crippen MR) is 76.4 cm³/mol. The molecule has 0 saturated heterocycles. The topological polar surface area (TPSA) is 59.8 Å². The average Bonchev–Trinajstić information content (AvgIpc) is 2.93. The van der Waals surface area contributed by atoms with Gasteiger partial charge in [-0.25, -0.2) is 4.98 Å². The van der Waals surface area contributed by atoms with Crippen molar-refractivity contribution in [3.05, 3.63) is 28.5 Å². The number of aryl methyl sites for hydroxylation is 4. The normalized spacial score (nSPS) is 10.7. The molecule has 2 aromatic heterocycles. The van der Waals surface area contributed by atoms with Crippen LogP contribution < -0.4 is 5.32 Å². The Kier molecular flexibility index (Phi) is 4.31. The number of thiazole rings is 1. The minimum absolute atomic E-state index is 0.00185. The SMILES string of the molecule is CCn1cc(CCC(=O)Nc2nc(C)cs2)c(C)n1. The molecule has 2 aromatic rings. The first-order valence-corrected chi connectivity index (χ1v) is 7.21. The number of aromatic nitrogens is 3. The number of amides is 1. The number of rotatable bonds is 5. The molecular weight excluding hydrogens is 260 g/mol. The fraction of sp³-hybridized carbons (Fsp3) is 0.462. The molecule has 0 saturated carbocycles. The molecule has 2 rings (SSSR count). The Bertz CT molecular complexity index is 573. The molecule has 0 atom stereocenters. The van der Waals surface area contributed by atoms with Crippen molar-refractivity contribution in [2.75, 3.05) is 5.32 Å². The lowest BCUT2D eigenvalue weighted by Crippen LogP contribution is -2.12. The molecule has 0 unspecified atom stereocenters. The van der Waals surface area contributed by atoms with Crippen molar-refractivity contribution in [3.8, 4) is 0 Å². The minimum Gasteiger partial charge on any atom is -0.302 e. The van der Waals surface area contributed by atoms with E-state index < -0.39 is 0 Å². The highest BCUT2D eigenvalue weighted by molar-refractivity contribution is 7.13. The summed E-state index contributed by atoms with van der Waals surface area (Å²) >= 11 is 1.45. The van der Waals surface area contributed by atoms with Crippen LogP contribution in [-0.4, -0.2) is 20.7 Å². The van der Waals surface area contributed by atoms with Gasteiger partial charge >= 0.3 is 0 Å². The lowest BCUT2D eigenvalue weighted by atomic mass is 10.1. The van der Waals surface area contributed by atoms with Crippen LogP contribution in [0.3, 0.4) is 0 Å². The van der Waals surface area contributed by atoms with Gasteiger partial charge in [0.2, 0.25) is 5.91 Å². The maximum atomic E-state index is 11.8. The Balaban J connectivity index is 1.87. The van der Waals surface area contributed by atoms with E-state index in [9.17, 15) is 4.79 Å². The van der Waals surface area contributed by atoms with Crippen LogP contribution in [0.4, 0.5) is 5.13 Å². The minimum atomic E-state index is -0.00185. The maximum absolute atomic E-state index is 11.8. The third kappa shape index (κ3) is 3.64. The summed E-state index contributed by atoms with van der Waals surface area (Å²) in [5.41, 5.74) is 3.06. The molecular formula is C13H18N4OS. The molecule has 0 spiro atoms. The molecule has 1 amide bonds. The van der Waals surface area contributed by atoms with E-state index in [-0.39, 0.29) is 5.91 Å². The second kappa shape index (κ2) is 5.97. The molecule has 0 aliphatic carbocycles. The third-order valence-electron chi connectivity index (χ3n) is 2.86. The number of carbonyl (C=O) groups excluding carboxylic acids is 1. The summed E-state index contributed by atoms with van der Waals surface area (Å²) in [6.45, 7) is 6.79. The van der Waals surface area contributed by atoms with E-state index in [1.165, 1.54) is 11.3 Å². The van der Waals surface area contributed by atoms with Crippen molar-refractivity contribution in [1.29, 1.82) is 0 Å². The Morgan fingerprint density at radius 3 is 2.84 bits per heavy atom. The van der Waals surface area contributed by atoms with Crippen LogP contribution in [0.25, 0.3) is 0 Å². The number of hydrogen-bond donors (Lipinski definition) is 1. The van der Waals surface area contributed by atoms with Gasteiger partial charge in [-0.15, -0.1) is 11.3 Å². The summed E-state index contributed by atoms with van der Waals surface area (Å²) in [7, 11) is 0. The van der Waals surface area contributed by atoms with Gasteiger partial charge in [0.15, 0.2) is 5.13 Å². The van der Waals surface area contributed by atoms with Crippen molar-refractivity contribution in [2.24, 2.45) is 0 Å². The second-order valence-electron chi connectivity index (χ2n) is 4.44. The summed E-state index contributed by atoms with van der Waals surface area (Å²) in [6, 6.07) is 0. The summed E-state index contributed by atoms with van der Waals surface area (Å²) in [5.74, 6) is -0.00185. The Morgan fingerprint density at radius 2 is 2.26 bits per heavy atom. The van der Waals surface area contributed by atoms with Crippen LogP contribution >= 0.6 is 11.3 Å². The molecule has 0 aliphatic heterocycles. The highest BCUT2D eigenvalue weighted by Gasteiger charge is 2.09. The molecule has 102 valence electrons. The maximum Gasteiger partial charge on any atom is 0.226 e. The van der Waals surface area contributed by atoms with Gasteiger partial charge in [-0.2, -0.15) is 5.10 Å². The Labute approximate surface area is 116 Å². The van der Waals surface area contributed by atoms with Crippen molar-refractivity contribution in [2.45, 2.75) is 40.2 Å². The van der Waals surface area contributed by atoms with Crippen LogP contribution in [0.5, 0.6) is 0 Å². The Hall–Kier alpha value is -1.69. The van der Waals surface area contributed by atoms with Gasteiger partial charge in [0.05, 0.1) is 11.4 Å². The number of nitrogens with one attached hydrogen (secondary N) is 1. The average molecular weight is 278 g/mol.